The van der Waals surface area contributed by atoms with E-state index in [4.69, 9.17) is 23.2 Å². The fourth-order valence-electron chi connectivity index (χ4n) is 2.57. The maximum absolute atomic E-state index is 12.3. The molecule has 0 bridgehead atoms. The summed E-state index contributed by atoms with van der Waals surface area (Å²) < 4.78 is 0. The molecule has 0 aliphatic heterocycles. The Morgan fingerprint density at radius 2 is 1.95 bits per heavy atom. The van der Waals surface area contributed by atoms with Crippen LogP contribution in [0.15, 0.2) is 48.5 Å². The summed E-state index contributed by atoms with van der Waals surface area (Å²) in [4.78, 5) is 12.3. The van der Waals surface area contributed by atoms with Crippen molar-refractivity contribution in [2.75, 3.05) is 0 Å². The molecule has 4 heteroatoms. The van der Waals surface area contributed by atoms with Gasteiger partial charge in [-0.15, -0.1) is 11.6 Å². The van der Waals surface area contributed by atoms with E-state index in [-0.39, 0.29) is 17.3 Å². The van der Waals surface area contributed by atoms with Crippen molar-refractivity contribution in [1.29, 1.82) is 0 Å². The van der Waals surface area contributed by atoms with Crippen molar-refractivity contribution < 1.29 is 4.79 Å². The average molecular weight is 306 g/mol. The molecule has 0 radical (unpaired) electrons. The van der Waals surface area contributed by atoms with Crippen molar-refractivity contribution in [3.63, 3.8) is 0 Å². The smallest absolute Gasteiger partial charge is 0.251 e. The van der Waals surface area contributed by atoms with Gasteiger partial charge in [-0.25, -0.2) is 0 Å². The molecule has 20 heavy (non-hydrogen) atoms. The molecule has 2 nitrogen and oxygen atoms in total. The Morgan fingerprint density at radius 1 is 1.15 bits per heavy atom. The summed E-state index contributed by atoms with van der Waals surface area (Å²) in [6, 6.07) is 14.8. The highest BCUT2D eigenvalue weighted by Gasteiger charge is 2.32. The molecule has 0 fully saturated rings. The van der Waals surface area contributed by atoms with E-state index in [0.717, 1.165) is 12.0 Å². The van der Waals surface area contributed by atoms with Crippen LogP contribution in [0.25, 0.3) is 0 Å². The van der Waals surface area contributed by atoms with Gasteiger partial charge < -0.3 is 5.32 Å². The Morgan fingerprint density at radius 3 is 2.75 bits per heavy atom. The van der Waals surface area contributed by atoms with Crippen LogP contribution in [0.3, 0.4) is 0 Å². The number of carbonyl (C=O) groups excluding carboxylic acids is 1. The molecule has 0 heterocycles. The molecule has 2 aromatic carbocycles. The molecule has 3 rings (SSSR count). The van der Waals surface area contributed by atoms with Gasteiger partial charge in [0.15, 0.2) is 0 Å². The van der Waals surface area contributed by atoms with Gasteiger partial charge in [0, 0.05) is 10.6 Å². The number of hydrogen-bond acceptors (Lipinski definition) is 1. The van der Waals surface area contributed by atoms with Crippen LogP contribution < -0.4 is 5.32 Å². The molecule has 1 amide bonds. The summed E-state index contributed by atoms with van der Waals surface area (Å²) in [7, 11) is 0. The molecule has 1 aliphatic carbocycles. The molecular formula is C16H13Cl2NO. The van der Waals surface area contributed by atoms with Crippen molar-refractivity contribution in [1.82, 2.24) is 5.32 Å². The van der Waals surface area contributed by atoms with Gasteiger partial charge in [-0.3, -0.25) is 4.79 Å². The Kier molecular flexibility index (Phi) is 3.68. The molecule has 2 unspecified atom stereocenters. The summed E-state index contributed by atoms with van der Waals surface area (Å²) >= 11 is 12.3. The van der Waals surface area contributed by atoms with Gasteiger partial charge in [-0.05, 0) is 35.7 Å². The Balaban J connectivity index is 1.83. The van der Waals surface area contributed by atoms with E-state index in [2.05, 4.69) is 11.4 Å². The lowest BCUT2D eigenvalue weighted by Crippen LogP contribution is -2.31. The molecule has 2 aromatic rings. The first kappa shape index (κ1) is 13.5. The zero-order chi connectivity index (χ0) is 14.1. The summed E-state index contributed by atoms with van der Waals surface area (Å²) in [5, 5.41) is 3.43. The number of nitrogens with one attached hydrogen (secondary N) is 1. The SMILES string of the molecule is O=C(NC1c2ccccc2CC1Cl)c1cccc(Cl)c1. The molecule has 0 aromatic heterocycles. The number of halogens is 2. The lowest BCUT2D eigenvalue weighted by atomic mass is 10.1. The zero-order valence-electron chi connectivity index (χ0n) is 10.6. The summed E-state index contributed by atoms with van der Waals surface area (Å²) in [5.74, 6) is -0.153. The van der Waals surface area contributed by atoms with Crippen LogP contribution in [-0.4, -0.2) is 11.3 Å². The van der Waals surface area contributed by atoms with Crippen molar-refractivity contribution in [3.05, 3.63) is 70.2 Å². The van der Waals surface area contributed by atoms with Crippen LogP contribution in [0.5, 0.6) is 0 Å². The maximum Gasteiger partial charge on any atom is 0.251 e. The number of hydrogen-bond donors (Lipinski definition) is 1. The summed E-state index contributed by atoms with van der Waals surface area (Å²) in [6.07, 6.45) is 0.776. The fraction of sp³-hybridized carbons (Fsp3) is 0.188. The monoisotopic (exact) mass is 305 g/mol. The van der Waals surface area contributed by atoms with E-state index < -0.39 is 0 Å². The lowest BCUT2D eigenvalue weighted by Gasteiger charge is -2.17. The minimum Gasteiger partial charge on any atom is -0.344 e. The van der Waals surface area contributed by atoms with Crippen molar-refractivity contribution >= 4 is 29.1 Å². The molecule has 102 valence electrons. The highest BCUT2D eigenvalue weighted by atomic mass is 35.5. The number of benzene rings is 2. The molecule has 0 spiro atoms. The van der Waals surface area contributed by atoms with Crippen molar-refractivity contribution in [2.24, 2.45) is 0 Å². The molecular weight excluding hydrogens is 293 g/mol. The van der Waals surface area contributed by atoms with Crippen LogP contribution in [0.4, 0.5) is 0 Å². The van der Waals surface area contributed by atoms with Gasteiger partial charge in [0.2, 0.25) is 0 Å². The number of carbonyl (C=O) groups is 1. The number of fused-ring (bicyclic) bond motifs is 1. The average Bonchev–Trinajstić information content (AvgIpc) is 2.75. The second-order valence-corrected chi connectivity index (χ2v) is 5.88. The minimum absolute atomic E-state index is 0.115. The molecule has 2 atom stereocenters. The minimum atomic E-state index is -0.153. The third-order valence-electron chi connectivity index (χ3n) is 3.54. The Bertz CT molecular complexity index is 656. The molecule has 0 saturated heterocycles. The first-order valence-corrected chi connectivity index (χ1v) is 7.25. The first-order valence-electron chi connectivity index (χ1n) is 6.43. The fourth-order valence-corrected chi connectivity index (χ4v) is 3.12. The van der Waals surface area contributed by atoms with E-state index in [9.17, 15) is 4.79 Å². The van der Waals surface area contributed by atoms with E-state index in [1.165, 1.54) is 5.56 Å². The zero-order valence-corrected chi connectivity index (χ0v) is 12.2. The third-order valence-corrected chi connectivity index (χ3v) is 4.18. The second kappa shape index (κ2) is 5.47. The molecule has 1 N–H and O–H groups in total. The van der Waals surface area contributed by atoms with Gasteiger partial charge in [-0.2, -0.15) is 0 Å². The van der Waals surface area contributed by atoms with Gasteiger partial charge in [-0.1, -0.05) is 41.9 Å². The van der Waals surface area contributed by atoms with Gasteiger partial charge in [0.05, 0.1) is 11.4 Å². The van der Waals surface area contributed by atoms with Gasteiger partial charge >= 0.3 is 0 Å². The van der Waals surface area contributed by atoms with E-state index in [1.807, 2.05) is 18.2 Å². The highest BCUT2D eigenvalue weighted by Crippen LogP contribution is 2.34. The molecule has 1 aliphatic rings. The van der Waals surface area contributed by atoms with Crippen molar-refractivity contribution in [3.8, 4) is 0 Å². The maximum atomic E-state index is 12.3. The third kappa shape index (κ3) is 2.54. The van der Waals surface area contributed by atoms with Gasteiger partial charge in [0.1, 0.15) is 0 Å². The first-order chi connectivity index (χ1) is 9.65. The van der Waals surface area contributed by atoms with Gasteiger partial charge in [0.25, 0.3) is 5.91 Å². The topological polar surface area (TPSA) is 29.1 Å². The van der Waals surface area contributed by atoms with Crippen LogP contribution in [0.1, 0.15) is 27.5 Å². The van der Waals surface area contributed by atoms with E-state index in [0.29, 0.717) is 10.6 Å². The normalized spacial score (nSPS) is 20.5. The standard InChI is InChI=1S/C16H13Cl2NO/c17-12-6-3-5-11(8-12)16(20)19-15-13-7-2-1-4-10(13)9-14(15)18/h1-8,14-15H,9H2,(H,19,20). The number of amides is 1. The predicted octanol–water partition coefficient (Wildman–Crippen LogP) is 3.97. The quantitative estimate of drug-likeness (QED) is 0.836. The summed E-state index contributed by atoms with van der Waals surface area (Å²) in [5.41, 5.74) is 2.84. The Labute approximate surface area is 127 Å². The van der Waals surface area contributed by atoms with Crippen LogP contribution in [0.2, 0.25) is 5.02 Å². The predicted molar refractivity (Wildman–Crippen MR) is 81.4 cm³/mol. The van der Waals surface area contributed by atoms with Crippen LogP contribution >= 0.6 is 23.2 Å². The van der Waals surface area contributed by atoms with E-state index >= 15 is 0 Å². The van der Waals surface area contributed by atoms with Crippen LogP contribution in [0, 0.1) is 0 Å². The molecule has 0 saturated carbocycles. The Hall–Kier alpha value is -1.51. The van der Waals surface area contributed by atoms with E-state index in [1.54, 1.807) is 24.3 Å². The number of alkyl halides is 1. The largest absolute Gasteiger partial charge is 0.344 e. The van der Waals surface area contributed by atoms with Crippen molar-refractivity contribution in [2.45, 2.75) is 17.8 Å². The van der Waals surface area contributed by atoms with Crippen LogP contribution in [-0.2, 0) is 6.42 Å². The summed E-state index contributed by atoms with van der Waals surface area (Å²) in [6.45, 7) is 0. The highest BCUT2D eigenvalue weighted by molar-refractivity contribution is 6.31. The lowest BCUT2D eigenvalue weighted by molar-refractivity contribution is 0.0937. The number of rotatable bonds is 2. The second-order valence-electron chi connectivity index (χ2n) is 4.88.